The number of hydrogen-bond donors (Lipinski definition) is 1. The van der Waals surface area contributed by atoms with Gasteiger partial charge >= 0.3 is 5.97 Å². The van der Waals surface area contributed by atoms with Crippen molar-refractivity contribution < 1.29 is 9.90 Å². The van der Waals surface area contributed by atoms with Crippen LogP contribution in [0.3, 0.4) is 0 Å². The maximum absolute atomic E-state index is 11.3. The van der Waals surface area contributed by atoms with Gasteiger partial charge in [-0.15, -0.1) is 0 Å². The average molecular weight is 309 g/mol. The lowest BCUT2D eigenvalue weighted by atomic mass is 10.0. The van der Waals surface area contributed by atoms with Gasteiger partial charge in [-0.1, -0.05) is 6.92 Å². The highest BCUT2D eigenvalue weighted by molar-refractivity contribution is 9.10. The Hall–Kier alpha value is -1.54. The van der Waals surface area contributed by atoms with Crippen LogP contribution in [0.2, 0.25) is 0 Å². The average Bonchev–Trinajstić information content (AvgIpc) is 2.71. The molecule has 0 aromatic heterocycles. The molecule has 94 valence electrons. The van der Waals surface area contributed by atoms with Gasteiger partial charge in [0.2, 0.25) is 0 Å². The molecule has 1 saturated heterocycles. The van der Waals surface area contributed by atoms with Gasteiger partial charge in [0.25, 0.3) is 0 Å². The van der Waals surface area contributed by atoms with Crippen LogP contribution >= 0.6 is 15.9 Å². The van der Waals surface area contributed by atoms with Gasteiger partial charge in [0, 0.05) is 16.7 Å². The Morgan fingerprint density at radius 3 is 2.89 bits per heavy atom. The summed E-state index contributed by atoms with van der Waals surface area (Å²) in [5, 5.41) is 18.1. The zero-order valence-corrected chi connectivity index (χ0v) is 11.5. The summed E-state index contributed by atoms with van der Waals surface area (Å²) in [7, 11) is 0. The predicted octanol–water partition coefficient (Wildman–Crippen LogP) is 2.62. The summed E-state index contributed by atoms with van der Waals surface area (Å²) in [5.41, 5.74) is 1.40. The summed E-state index contributed by atoms with van der Waals surface area (Å²) in [6.07, 6.45) is 0.870. The minimum Gasteiger partial charge on any atom is -0.480 e. The van der Waals surface area contributed by atoms with Crippen LogP contribution in [0, 0.1) is 17.2 Å². The molecule has 0 amide bonds. The fourth-order valence-corrected chi connectivity index (χ4v) is 2.84. The lowest BCUT2D eigenvalue weighted by Crippen LogP contribution is -2.39. The van der Waals surface area contributed by atoms with Gasteiger partial charge in [-0.05, 0) is 46.5 Å². The molecule has 2 rings (SSSR count). The molecule has 1 fully saturated rings. The number of nitriles is 1. The van der Waals surface area contributed by atoms with E-state index in [0.29, 0.717) is 10.0 Å². The van der Waals surface area contributed by atoms with E-state index in [1.807, 2.05) is 17.9 Å². The first-order chi connectivity index (χ1) is 8.54. The molecule has 0 aliphatic carbocycles. The second kappa shape index (κ2) is 4.99. The molecule has 2 unspecified atom stereocenters. The fourth-order valence-electron chi connectivity index (χ4n) is 2.39. The summed E-state index contributed by atoms with van der Waals surface area (Å²) < 4.78 is 0.700. The number of anilines is 1. The molecule has 1 N–H and O–H groups in total. The van der Waals surface area contributed by atoms with E-state index in [4.69, 9.17) is 5.26 Å². The molecule has 18 heavy (non-hydrogen) atoms. The van der Waals surface area contributed by atoms with E-state index in [9.17, 15) is 9.90 Å². The van der Waals surface area contributed by atoms with E-state index in [0.717, 1.165) is 18.7 Å². The van der Waals surface area contributed by atoms with Gasteiger partial charge in [0.15, 0.2) is 0 Å². The minimum atomic E-state index is -0.791. The van der Waals surface area contributed by atoms with Gasteiger partial charge in [-0.2, -0.15) is 5.26 Å². The molecule has 1 aliphatic rings. The molecule has 0 radical (unpaired) electrons. The second-order valence-corrected chi connectivity index (χ2v) is 5.37. The number of aliphatic carboxylic acids is 1. The predicted molar refractivity (Wildman–Crippen MR) is 71.4 cm³/mol. The molecule has 0 saturated carbocycles. The highest BCUT2D eigenvalue weighted by Gasteiger charge is 2.36. The van der Waals surface area contributed by atoms with Gasteiger partial charge in [0.1, 0.15) is 12.1 Å². The SMILES string of the molecule is CC1CCN(c2ccc(C#N)c(Br)c2)C1C(=O)O. The zero-order chi connectivity index (χ0) is 13.3. The van der Waals surface area contributed by atoms with E-state index in [1.54, 1.807) is 12.1 Å². The maximum Gasteiger partial charge on any atom is 0.326 e. The Morgan fingerprint density at radius 1 is 1.61 bits per heavy atom. The maximum atomic E-state index is 11.3. The zero-order valence-electron chi connectivity index (χ0n) is 9.93. The second-order valence-electron chi connectivity index (χ2n) is 4.52. The van der Waals surface area contributed by atoms with Crippen molar-refractivity contribution in [1.29, 1.82) is 5.26 Å². The van der Waals surface area contributed by atoms with Crippen LogP contribution in [0.4, 0.5) is 5.69 Å². The Bertz CT molecular complexity index is 524. The number of carbonyl (C=O) groups is 1. The number of halogens is 1. The number of carboxylic acid groups (broad SMARTS) is 1. The number of nitrogens with zero attached hydrogens (tertiary/aromatic N) is 2. The summed E-state index contributed by atoms with van der Waals surface area (Å²) in [6.45, 7) is 2.69. The van der Waals surface area contributed by atoms with Gasteiger partial charge in [-0.25, -0.2) is 4.79 Å². The first-order valence-corrected chi connectivity index (χ1v) is 6.53. The van der Waals surface area contributed by atoms with E-state index in [2.05, 4.69) is 22.0 Å². The highest BCUT2D eigenvalue weighted by atomic mass is 79.9. The molecule has 2 atom stereocenters. The van der Waals surface area contributed by atoms with E-state index < -0.39 is 12.0 Å². The first-order valence-electron chi connectivity index (χ1n) is 5.73. The van der Waals surface area contributed by atoms with Crippen molar-refractivity contribution in [1.82, 2.24) is 0 Å². The van der Waals surface area contributed by atoms with Crippen molar-refractivity contribution in [3.05, 3.63) is 28.2 Å². The number of rotatable bonds is 2. The van der Waals surface area contributed by atoms with Crippen molar-refractivity contribution >= 4 is 27.6 Å². The van der Waals surface area contributed by atoms with Crippen LogP contribution in [0.5, 0.6) is 0 Å². The Labute approximate surface area is 114 Å². The third kappa shape index (κ3) is 2.21. The van der Waals surface area contributed by atoms with Crippen LogP contribution in [0.25, 0.3) is 0 Å². The van der Waals surface area contributed by atoms with Gasteiger partial charge in [0.05, 0.1) is 5.56 Å². The Balaban J connectivity index is 2.35. The summed E-state index contributed by atoms with van der Waals surface area (Å²) in [6, 6.07) is 6.92. The molecule has 0 spiro atoms. The molecule has 4 nitrogen and oxygen atoms in total. The Kier molecular flexibility index (Phi) is 3.58. The molecule has 1 aromatic rings. The number of hydrogen-bond acceptors (Lipinski definition) is 3. The van der Waals surface area contributed by atoms with Crippen LogP contribution in [0.1, 0.15) is 18.9 Å². The molecular weight excluding hydrogens is 296 g/mol. The topological polar surface area (TPSA) is 64.3 Å². The van der Waals surface area contributed by atoms with Crippen molar-refractivity contribution in [2.24, 2.45) is 5.92 Å². The summed E-state index contributed by atoms with van der Waals surface area (Å²) >= 11 is 3.33. The number of carboxylic acids is 1. The Morgan fingerprint density at radius 2 is 2.33 bits per heavy atom. The summed E-state index contributed by atoms with van der Waals surface area (Å²) in [4.78, 5) is 13.2. The lowest BCUT2D eigenvalue weighted by Gasteiger charge is -2.25. The van der Waals surface area contributed by atoms with Crippen LogP contribution in [-0.2, 0) is 4.79 Å². The number of benzene rings is 1. The largest absolute Gasteiger partial charge is 0.480 e. The fraction of sp³-hybridized carbons (Fsp3) is 0.385. The van der Waals surface area contributed by atoms with Crippen molar-refractivity contribution in [3.63, 3.8) is 0 Å². The normalized spacial score (nSPS) is 22.8. The van der Waals surface area contributed by atoms with E-state index in [1.165, 1.54) is 0 Å². The molecule has 1 aromatic carbocycles. The molecule has 1 heterocycles. The van der Waals surface area contributed by atoms with Gasteiger partial charge < -0.3 is 10.0 Å². The van der Waals surface area contributed by atoms with E-state index in [-0.39, 0.29) is 5.92 Å². The standard InChI is InChI=1S/C13H13BrN2O2/c1-8-4-5-16(12(8)13(17)18)10-3-2-9(7-15)11(14)6-10/h2-3,6,8,12H,4-5H2,1H3,(H,17,18). The van der Waals surface area contributed by atoms with E-state index >= 15 is 0 Å². The smallest absolute Gasteiger partial charge is 0.326 e. The van der Waals surface area contributed by atoms with Crippen molar-refractivity contribution in [3.8, 4) is 6.07 Å². The third-order valence-electron chi connectivity index (χ3n) is 3.36. The first kappa shape index (κ1) is 12.9. The van der Waals surface area contributed by atoms with Gasteiger partial charge in [-0.3, -0.25) is 0 Å². The molecular formula is C13H13BrN2O2. The van der Waals surface area contributed by atoms with Crippen LogP contribution in [-0.4, -0.2) is 23.7 Å². The monoisotopic (exact) mass is 308 g/mol. The minimum absolute atomic E-state index is 0.136. The van der Waals surface area contributed by atoms with Crippen LogP contribution < -0.4 is 4.90 Å². The lowest BCUT2D eigenvalue weighted by molar-refractivity contribution is -0.139. The molecule has 5 heteroatoms. The summed E-state index contributed by atoms with van der Waals surface area (Å²) in [5.74, 6) is -0.655. The highest BCUT2D eigenvalue weighted by Crippen LogP contribution is 2.32. The third-order valence-corrected chi connectivity index (χ3v) is 4.01. The van der Waals surface area contributed by atoms with Crippen molar-refractivity contribution in [2.75, 3.05) is 11.4 Å². The molecule has 0 bridgehead atoms. The quantitative estimate of drug-likeness (QED) is 0.912. The van der Waals surface area contributed by atoms with Crippen molar-refractivity contribution in [2.45, 2.75) is 19.4 Å². The van der Waals surface area contributed by atoms with Crippen LogP contribution in [0.15, 0.2) is 22.7 Å². The molecule has 1 aliphatic heterocycles.